The maximum absolute atomic E-state index is 12.1. The van der Waals surface area contributed by atoms with Crippen LogP contribution in [-0.2, 0) is 9.47 Å². The normalized spacial score (nSPS) is 17.8. The summed E-state index contributed by atoms with van der Waals surface area (Å²) in [7, 11) is 0. The fraction of sp³-hybridized carbons (Fsp3) is 1.00. The van der Waals surface area contributed by atoms with Crippen molar-refractivity contribution in [3.05, 3.63) is 0 Å². The highest BCUT2D eigenvalue weighted by atomic mass is 19.1. The van der Waals surface area contributed by atoms with Crippen molar-refractivity contribution >= 4 is 0 Å². The summed E-state index contributed by atoms with van der Waals surface area (Å²) >= 11 is 0. The molecule has 0 radical (unpaired) electrons. The van der Waals surface area contributed by atoms with Gasteiger partial charge in [-0.25, -0.2) is 4.39 Å². The van der Waals surface area contributed by atoms with Crippen LogP contribution in [0, 0.1) is 11.8 Å². The minimum absolute atomic E-state index is 0.00416. The molecule has 0 aliphatic heterocycles. The molecule has 0 saturated carbocycles. The molecule has 18 heavy (non-hydrogen) atoms. The van der Waals surface area contributed by atoms with E-state index >= 15 is 0 Å². The van der Waals surface area contributed by atoms with Gasteiger partial charge in [-0.15, -0.1) is 0 Å². The second-order valence-electron chi connectivity index (χ2n) is 5.92. The van der Waals surface area contributed by atoms with Gasteiger partial charge in [0.1, 0.15) is 12.8 Å². The molecule has 3 unspecified atom stereocenters. The molecule has 0 spiro atoms. The molecule has 0 aromatic heterocycles. The quantitative estimate of drug-likeness (QED) is 0.696. The average Bonchev–Trinajstić information content (AvgIpc) is 2.32. The lowest BCUT2D eigenvalue weighted by molar-refractivity contribution is -0.140. The van der Waals surface area contributed by atoms with Gasteiger partial charge in [0.15, 0.2) is 0 Å². The van der Waals surface area contributed by atoms with E-state index in [-0.39, 0.29) is 12.7 Å². The van der Waals surface area contributed by atoms with Crippen LogP contribution >= 0.6 is 0 Å². The van der Waals surface area contributed by atoms with Gasteiger partial charge in [0.2, 0.25) is 0 Å². The monoisotopic (exact) mass is 264 g/mol. The van der Waals surface area contributed by atoms with Gasteiger partial charge >= 0.3 is 0 Å². The fourth-order valence-corrected chi connectivity index (χ4v) is 1.16. The molecular weight excluding hydrogens is 235 g/mol. The highest BCUT2D eigenvalue weighted by Crippen LogP contribution is 2.21. The minimum Gasteiger partial charge on any atom is -0.388 e. The van der Waals surface area contributed by atoms with Gasteiger partial charge in [0.25, 0.3) is 0 Å². The minimum atomic E-state index is -1.04. The fourth-order valence-electron chi connectivity index (χ4n) is 1.16. The van der Waals surface area contributed by atoms with Crippen LogP contribution in [0.4, 0.5) is 4.39 Å². The molecule has 0 aromatic rings. The number of halogens is 1. The van der Waals surface area contributed by atoms with E-state index in [1.54, 1.807) is 0 Å². The van der Waals surface area contributed by atoms with Crippen LogP contribution in [0.15, 0.2) is 0 Å². The molecule has 0 amide bonds. The van der Waals surface area contributed by atoms with Crippen molar-refractivity contribution in [2.24, 2.45) is 11.8 Å². The lowest BCUT2D eigenvalue weighted by Crippen LogP contribution is -2.41. The largest absolute Gasteiger partial charge is 0.388 e. The summed E-state index contributed by atoms with van der Waals surface area (Å²) in [6, 6.07) is 0. The molecule has 0 rings (SSSR count). The first-order valence-electron chi connectivity index (χ1n) is 6.70. The Kier molecular flexibility index (Phi) is 7.99. The van der Waals surface area contributed by atoms with E-state index in [1.165, 1.54) is 0 Å². The molecule has 1 N–H and O–H groups in total. The molecule has 0 heterocycles. The first-order chi connectivity index (χ1) is 8.20. The molecule has 0 aliphatic rings. The maximum atomic E-state index is 12.1. The topological polar surface area (TPSA) is 38.7 Å². The molecular formula is C14H29FO3. The smallest absolute Gasteiger partial charge is 0.118 e. The molecule has 0 saturated heterocycles. The van der Waals surface area contributed by atoms with Crippen LogP contribution in [-0.4, -0.2) is 42.8 Å². The van der Waals surface area contributed by atoms with Crippen LogP contribution in [0.5, 0.6) is 0 Å². The first-order valence-corrected chi connectivity index (χ1v) is 6.70. The van der Waals surface area contributed by atoms with E-state index in [1.807, 2.05) is 20.8 Å². The molecule has 0 aliphatic carbocycles. The summed E-state index contributed by atoms with van der Waals surface area (Å²) in [5.41, 5.74) is -0.445. The molecule has 3 nitrogen and oxygen atoms in total. The molecule has 4 heteroatoms. The molecule has 0 bridgehead atoms. The Morgan fingerprint density at radius 2 is 1.67 bits per heavy atom. The van der Waals surface area contributed by atoms with Gasteiger partial charge in [0.05, 0.1) is 24.9 Å². The Morgan fingerprint density at radius 1 is 1.11 bits per heavy atom. The Balaban J connectivity index is 4.10. The zero-order chi connectivity index (χ0) is 14.3. The summed E-state index contributed by atoms with van der Waals surface area (Å²) in [6.45, 7) is 12.2. The number of ether oxygens (including phenoxy) is 2. The van der Waals surface area contributed by atoms with E-state index < -0.39 is 18.4 Å². The van der Waals surface area contributed by atoms with Crippen LogP contribution in [0.3, 0.4) is 0 Å². The number of aliphatic hydroxyl groups is 1. The van der Waals surface area contributed by atoms with Gasteiger partial charge in [0, 0.05) is 0 Å². The summed E-state index contributed by atoms with van der Waals surface area (Å²) in [4.78, 5) is 0. The lowest BCUT2D eigenvalue weighted by atomic mass is 9.98. The highest BCUT2D eigenvalue weighted by molar-refractivity contribution is 4.78. The van der Waals surface area contributed by atoms with Crippen molar-refractivity contribution in [1.29, 1.82) is 0 Å². The lowest BCUT2D eigenvalue weighted by Gasteiger charge is -2.34. The van der Waals surface area contributed by atoms with Gasteiger partial charge in [-0.1, -0.05) is 20.8 Å². The number of aliphatic hydroxyl groups excluding tert-OH is 1. The highest BCUT2D eigenvalue weighted by Gasteiger charge is 2.29. The van der Waals surface area contributed by atoms with Gasteiger partial charge in [-0.2, -0.15) is 0 Å². The Bertz CT molecular complexity index is 219. The standard InChI is InChI=1S/C14H29FO3/c1-10(2)11(3)8-18-14(5,6)12(4)17-9-13(16)7-15/h10-13,16H,7-9H2,1-6H3. The van der Waals surface area contributed by atoms with Crippen LogP contribution < -0.4 is 0 Å². The Morgan fingerprint density at radius 3 is 2.11 bits per heavy atom. The first kappa shape index (κ1) is 17.8. The zero-order valence-electron chi connectivity index (χ0n) is 12.6. The molecule has 0 aromatic carbocycles. The van der Waals surface area contributed by atoms with E-state index in [0.29, 0.717) is 18.4 Å². The maximum Gasteiger partial charge on any atom is 0.118 e. The van der Waals surface area contributed by atoms with E-state index in [2.05, 4.69) is 20.8 Å². The summed E-state index contributed by atoms with van der Waals surface area (Å²) < 4.78 is 23.4. The number of hydrogen-bond acceptors (Lipinski definition) is 3. The second-order valence-corrected chi connectivity index (χ2v) is 5.92. The van der Waals surface area contributed by atoms with Crippen LogP contribution in [0.1, 0.15) is 41.5 Å². The van der Waals surface area contributed by atoms with Crippen LogP contribution in [0.25, 0.3) is 0 Å². The van der Waals surface area contributed by atoms with E-state index in [0.717, 1.165) is 0 Å². The number of hydrogen-bond donors (Lipinski definition) is 1. The van der Waals surface area contributed by atoms with E-state index in [4.69, 9.17) is 14.6 Å². The van der Waals surface area contributed by atoms with E-state index in [9.17, 15) is 4.39 Å². The molecule has 110 valence electrons. The molecule has 0 fully saturated rings. The summed E-state index contributed by atoms with van der Waals surface area (Å²) in [5, 5.41) is 9.12. The second kappa shape index (κ2) is 8.08. The van der Waals surface area contributed by atoms with Crippen LogP contribution in [0.2, 0.25) is 0 Å². The SMILES string of the molecule is CC(C)C(C)COC(C)(C)C(C)OCC(O)CF. The summed E-state index contributed by atoms with van der Waals surface area (Å²) in [5.74, 6) is 1.05. The Hall–Kier alpha value is -0.190. The third-order valence-electron chi connectivity index (χ3n) is 3.55. The van der Waals surface area contributed by atoms with Crippen molar-refractivity contribution in [1.82, 2.24) is 0 Å². The zero-order valence-corrected chi connectivity index (χ0v) is 12.6. The van der Waals surface area contributed by atoms with Crippen molar-refractivity contribution in [2.75, 3.05) is 19.9 Å². The predicted octanol–water partition coefficient (Wildman–Crippen LogP) is 2.81. The van der Waals surface area contributed by atoms with Gasteiger partial charge < -0.3 is 14.6 Å². The third-order valence-corrected chi connectivity index (χ3v) is 3.55. The number of alkyl halides is 1. The van der Waals surface area contributed by atoms with Crippen molar-refractivity contribution in [2.45, 2.75) is 59.4 Å². The van der Waals surface area contributed by atoms with Crippen molar-refractivity contribution in [3.63, 3.8) is 0 Å². The van der Waals surface area contributed by atoms with Gasteiger partial charge in [-0.3, -0.25) is 0 Å². The third kappa shape index (κ3) is 6.66. The average molecular weight is 264 g/mol. The predicted molar refractivity (Wildman–Crippen MR) is 71.4 cm³/mol. The number of rotatable bonds is 9. The molecule has 3 atom stereocenters. The van der Waals surface area contributed by atoms with Crippen molar-refractivity contribution < 1.29 is 19.0 Å². The van der Waals surface area contributed by atoms with Crippen molar-refractivity contribution in [3.8, 4) is 0 Å². The Labute approximate surface area is 111 Å². The van der Waals surface area contributed by atoms with Gasteiger partial charge in [-0.05, 0) is 32.6 Å². The summed E-state index contributed by atoms with van der Waals surface area (Å²) in [6.07, 6.45) is -1.24.